The Kier molecular flexibility index (Phi) is 6.80. The van der Waals surface area contributed by atoms with Crippen LogP contribution in [0.15, 0.2) is 0 Å². The second-order valence-corrected chi connectivity index (χ2v) is 5.23. The Bertz CT molecular complexity index is 300. The zero-order valence-corrected chi connectivity index (χ0v) is 11.9. The number of likely N-dealkylation sites (N-methyl/N-ethyl adjacent to an activating group) is 1. The summed E-state index contributed by atoms with van der Waals surface area (Å²) in [5.41, 5.74) is 5.83. The van der Waals surface area contributed by atoms with Crippen LogP contribution in [0.25, 0.3) is 0 Å². The lowest BCUT2D eigenvalue weighted by Crippen LogP contribution is -2.40. The van der Waals surface area contributed by atoms with Crippen molar-refractivity contribution in [2.45, 2.75) is 31.7 Å². The minimum Gasteiger partial charge on any atom is -0.456 e. The molecule has 2 N–H and O–H groups in total. The van der Waals surface area contributed by atoms with E-state index >= 15 is 0 Å². The van der Waals surface area contributed by atoms with E-state index in [1.807, 2.05) is 0 Å². The number of nitrogens with zero attached hydrogens (tertiary/aromatic N) is 2. The number of esters is 1. The molecule has 0 aromatic rings. The van der Waals surface area contributed by atoms with Crippen LogP contribution in [-0.2, 0) is 14.3 Å². The predicted octanol–water partition coefficient (Wildman–Crippen LogP) is -0.179. The van der Waals surface area contributed by atoms with Crippen LogP contribution in [0.3, 0.4) is 0 Å². The molecule has 0 radical (unpaired) electrons. The number of nitrogens with two attached hydrogens (primary N) is 1. The number of amides is 1. The quantitative estimate of drug-likeness (QED) is 0.678. The molecule has 1 heterocycles. The van der Waals surface area contributed by atoms with Crippen LogP contribution in [0.2, 0.25) is 0 Å². The SMILES string of the molecule is CN(C)C(=O)COC(=O)CCCN1CCC(N)CC1. The summed E-state index contributed by atoms with van der Waals surface area (Å²) in [5, 5.41) is 0. The van der Waals surface area contributed by atoms with Gasteiger partial charge in [0, 0.05) is 26.6 Å². The molecule has 1 aliphatic rings. The first kappa shape index (κ1) is 15.9. The Balaban J connectivity index is 2.05. The van der Waals surface area contributed by atoms with Crippen molar-refractivity contribution in [3.8, 4) is 0 Å². The maximum Gasteiger partial charge on any atom is 0.306 e. The summed E-state index contributed by atoms with van der Waals surface area (Å²) in [6.07, 6.45) is 3.19. The molecular weight excluding hydrogens is 246 g/mol. The van der Waals surface area contributed by atoms with Gasteiger partial charge in [0.1, 0.15) is 0 Å². The zero-order valence-electron chi connectivity index (χ0n) is 11.9. The van der Waals surface area contributed by atoms with Gasteiger partial charge in [0.25, 0.3) is 5.91 Å². The molecule has 1 rings (SSSR count). The molecule has 0 atom stereocenters. The molecule has 1 fully saturated rings. The van der Waals surface area contributed by atoms with Crippen LogP contribution in [0.5, 0.6) is 0 Å². The number of rotatable bonds is 6. The summed E-state index contributed by atoms with van der Waals surface area (Å²) in [7, 11) is 3.27. The van der Waals surface area contributed by atoms with Gasteiger partial charge in [-0.3, -0.25) is 9.59 Å². The monoisotopic (exact) mass is 271 g/mol. The topological polar surface area (TPSA) is 75.9 Å². The third-order valence-electron chi connectivity index (χ3n) is 3.34. The highest BCUT2D eigenvalue weighted by atomic mass is 16.5. The summed E-state index contributed by atoms with van der Waals surface area (Å²) >= 11 is 0. The molecular formula is C13H25N3O3. The van der Waals surface area contributed by atoms with Crippen molar-refractivity contribution in [3.63, 3.8) is 0 Å². The molecule has 6 nitrogen and oxygen atoms in total. The first-order valence-electron chi connectivity index (χ1n) is 6.82. The van der Waals surface area contributed by atoms with Crippen LogP contribution < -0.4 is 5.73 Å². The lowest BCUT2D eigenvalue weighted by atomic mass is 10.1. The fraction of sp³-hybridized carbons (Fsp3) is 0.846. The third-order valence-corrected chi connectivity index (χ3v) is 3.34. The highest BCUT2D eigenvalue weighted by Gasteiger charge is 2.16. The van der Waals surface area contributed by atoms with Crippen molar-refractivity contribution in [3.05, 3.63) is 0 Å². The van der Waals surface area contributed by atoms with Gasteiger partial charge in [-0.25, -0.2) is 0 Å². The molecule has 19 heavy (non-hydrogen) atoms. The molecule has 0 bridgehead atoms. The van der Waals surface area contributed by atoms with Crippen molar-refractivity contribution in [2.24, 2.45) is 5.73 Å². The molecule has 1 amide bonds. The largest absolute Gasteiger partial charge is 0.456 e. The van der Waals surface area contributed by atoms with E-state index in [0.717, 1.165) is 38.9 Å². The molecule has 0 aromatic heterocycles. The van der Waals surface area contributed by atoms with E-state index in [0.29, 0.717) is 12.5 Å². The number of ether oxygens (including phenoxy) is 1. The van der Waals surface area contributed by atoms with Gasteiger partial charge in [-0.15, -0.1) is 0 Å². The molecule has 0 spiro atoms. The van der Waals surface area contributed by atoms with Gasteiger partial charge in [-0.05, 0) is 38.9 Å². The van der Waals surface area contributed by atoms with E-state index in [1.54, 1.807) is 14.1 Å². The smallest absolute Gasteiger partial charge is 0.306 e. The summed E-state index contributed by atoms with van der Waals surface area (Å²) in [4.78, 5) is 26.4. The van der Waals surface area contributed by atoms with E-state index < -0.39 is 0 Å². The predicted molar refractivity (Wildman–Crippen MR) is 72.5 cm³/mol. The highest BCUT2D eigenvalue weighted by Crippen LogP contribution is 2.09. The van der Waals surface area contributed by atoms with Gasteiger partial charge >= 0.3 is 5.97 Å². The van der Waals surface area contributed by atoms with Crippen LogP contribution in [0, 0.1) is 0 Å². The zero-order chi connectivity index (χ0) is 14.3. The molecule has 0 unspecified atom stereocenters. The summed E-state index contributed by atoms with van der Waals surface area (Å²) < 4.78 is 4.90. The van der Waals surface area contributed by atoms with Gasteiger partial charge in [0.15, 0.2) is 6.61 Å². The third kappa shape index (κ3) is 6.54. The highest BCUT2D eigenvalue weighted by molar-refractivity contribution is 5.80. The number of likely N-dealkylation sites (tertiary alicyclic amines) is 1. The van der Waals surface area contributed by atoms with Gasteiger partial charge in [-0.2, -0.15) is 0 Å². The van der Waals surface area contributed by atoms with Crippen molar-refractivity contribution in [2.75, 3.05) is 40.3 Å². The van der Waals surface area contributed by atoms with E-state index in [4.69, 9.17) is 10.5 Å². The van der Waals surface area contributed by atoms with Crippen molar-refractivity contribution in [1.29, 1.82) is 0 Å². The number of carbonyl (C=O) groups is 2. The average Bonchev–Trinajstić information content (AvgIpc) is 2.38. The normalized spacial score (nSPS) is 17.2. The second kappa shape index (κ2) is 8.12. The van der Waals surface area contributed by atoms with E-state index in [9.17, 15) is 9.59 Å². The summed E-state index contributed by atoms with van der Waals surface area (Å²) in [5.74, 6) is -0.498. The van der Waals surface area contributed by atoms with Crippen molar-refractivity contribution < 1.29 is 14.3 Å². The fourth-order valence-corrected chi connectivity index (χ4v) is 1.97. The van der Waals surface area contributed by atoms with E-state index in [-0.39, 0.29) is 18.5 Å². The Morgan fingerprint density at radius 3 is 2.53 bits per heavy atom. The van der Waals surface area contributed by atoms with E-state index in [1.165, 1.54) is 4.90 Å². The molecule has 110 valence electrons. The van der Waals surface area contributed by atoms with Crippen molar-refractivity contribution >= 4 is 11.9 Å². The van der Waals surface area contributed by atoms with Crippen LogP contribution >= 0.6 is 0 Å². The minimum absolute atomic E-state index is 0.162. The maximum atomic E-state index is 11.4. The van der Waals surface area contributed by atoms with Crippen molar-refractivity contribution in [1.82, 2.24) is 9.80 Å². The van der Waals surface area contributed by atoms with E-state index in [2.05, 4.69) is 4.90 Å². The Hall–Kier alpha value is -1.14. The molecule has 1 aliphatic heterocycles. The standard InChI is InChI=1S/C13H25N3O3/c1-15(2)12(17)10-19-13(18)4-3-7-16-8-5-11(14)6-9-16/h11H,3-10,14H2,1-2H3. The fourth-order valence-electron chi connectivity index (χ4n) is 1.97. The van der Waals surface area contributed by atoms with Gasteiger partial charge in [0.2, 0.25) is 0 Å². The summed E-state index contributed by atoms with van der Waals surface area (Å²) in [6, 6.07) is 0.332. The molecule has 0 aromatic carbocycles. The Labute approximate surface area is 114 Å². The number of carbonyl (C=O) groups excluding carboxylic acids is 2. The van der Waals surface area contributed by atoms with Crippen LogP contribution in [0.1, 0.15) is 25.7 Å². The average molecular weight is 271 g/mol. The number of piperidine rings is 1. The Morgan fingerprint density at radius 1 is 1.32 bits per heavy atom. The Morgan fingerprint density at radius 2 is 1.95 bits per heavy atom. The van der Waals surface area contributed by atoms with Gasteiger partial charge in [0.05, 0.1) is 0 Å². The number of hydrogen-bond acceptors (Lipinski definition) is 5. The minimum atomic E-state index is -0.302. The number of hydrogen-bond donors (Lipinski definition) is 1. The maximum absolute atomic E-state index is 11.4. The van der Waals surface area contributed by atoms with Gasteiger partial charge < -0.3 is 20.3 Å². The van der Waals surface area contributed by atoms with Crippen LogP contribution in [0.4, 0.5) is 0 Å². The van der Waals surface area contributed by atoms with Crippen LogP contribution in [-0.4, -0.2) is 68.1 Å². The second-order valence-electron chi connectivity index (χ2n) is 5.23. The summed E-state index contributed by atoms with van der Waals surface area (Å²) in [6.45, 7) is 2.75. The molecule has 0 saturated carbocycles. The first-order valence-corrected chi connectivity index (χ1v) is 6.82. The molecule has 0 aliphatic carbocycles. The lowest BCUT2D eigenvalue weighted by Gasteiger charge is -2.29. The molecule has 6 heteroatoms. The lowest BCUT2D eigenvalue weighted by molar-refractivity contribution is -0.151. The first-order chi connectivity index (χ1) is 8.99. The molecule has 1 saturated heterocycles. The van der Waals surface area contributed by atoms with Gasteiger partial charge in [-0.1, -0.05) is 0 Å².